The van der Waals surface area contributed by atoms with E-state index in [1.54, 1.807) is 49.3 Å². The van der Waals surface area contributed by atoms with Crippen LogP contribution in [0.2, 0.25) is 0 Å². The fourth-order valence-electron chi connectivity index (χ4n) is 2.54. The number of furan rings is 1. The Labute approximate surface area is 166 Å². The fourth-order valence-corrected chi connectivity index (χ4v) is 3.32. The maximum absolute atomic E-state index is 12.3. The SMILES string of the molecule is COCCC(=O)Nc1ccc2oc(C(=O)NCCSc3nccn3C)cc2c1. The van der Waals surface area contributed by atoms with Crippen molar-refractivity contribution in [2.45, 2.75) is 11.6 Å². The first-order chi connectivity index (χ1) is 13.6. The molecule has 0 unspecified atom stereocenters. The number of hydrogen-bond donors (Lipinski definition) is 2. The second-order valence-corrected chi connectivity index (χ2v) is 7.14. The molecule has 8 nitrogen and oxygen atoms in total. The number of benzene rings is 1. The third kappa shape index (κ3) is 5.14. The zero-order valence-corrected chi connectivity index (χ0v) is 16.5. The highest BCUT2D eigenvalue weighted by Crippen LogP contribution is 2.23. The van der Waals surface area contributed by atoms with E-state index in [1.165, 1.54) is 0 Å². The zero-order chi connectivity index (χ0) is 19.9. The molecule has 3 aromatic rings. The van der Waals surface area contributed by atoms with Gasteiger partial charge in [-0.2, -0.15) is 0 Å². The number of ether oxygens (including phenoxy) is 1. The number of aryl methyl sites for hydroxylation is 1. The first-order valence-corrected chi connectivity index (χ1v) is 9.76. The maximum atomic E-state index is 12.3. The van der Waals surface area contributed by atoms with Crippen molar-refractivity contribution in [1.82, 2.24) is 14.9 Å². The highest BCUT2D eigenvalue weighted by molar-refractivity contribution is 7.99. The molecule has 2 heterocycles. The Hall–Kier alpha value is -2.78. The van der Waals surface area contributed by atoms with Crippen LogP contribution in [0, 0.1) is 0 Å². The number of anilines is 1. The molecule has 0 atom stereocenters. The van der Waals surface area contributed by atoms with E-state index in [0.29, 0.717) is 30.2 Å². The van der Waals surface area contributed by atoms with Gasteiger partial charge in [-0.15, -0.1) is 0 Å². The lowest BCUT2D eigenvalue weighted by atomic mass is 10.2. The first kappa shape index (κ1) is 20.0. The van der Waals surface area contributed by atoms with Gasteiger partial charge in [0.05, 0.1) is 13.0 Å². The molecule has 0 fully saturated rings. The van der Waals surface area contributed by atoms with Gasteiger partial charge in [0.15, 0.2) is 10.9 Å². The molecule has 1 aromatic carbocycles. The van der Waals surface area contributed by atoms with Crippen LogP contribution >= 0.6 is 11.8 Å². The molecule has 2 N–H and O–H groups in total. The minimum atomic E-state index is -0.276. The zero-order valence-electron chi connectivity index (χ0n) is 15.7. The normalized spacial score (nSPS) is 10.9. The van der Waals surface area contributed by atoms with Gasteiger partial charge in [0.25, 0.3) is 5.91 Å². The summed E-state index contributed by atoms with van der Waals surface area (Å²) in [7, 11) is 3.48. The third-order valence-electron chi connectivity index (χ3n) is 3.95. The van der Waals surface area contributed by atoms with Gasteiger partial charge >= 0.3 is 0 Å². The van der Waals surface area contributed by atoms with Crippen LogP contribution in [0.4, 0.5) is 5.69 Å². The van der Waals surface area contributed by atoms with E-state index < -0.39 is 0 Å². The van der Waals surface area contributed by atoms with Gasteiger partial charge in [-0.25, -0.2) is 4.98 Å². The summed E-state index contributed by atoms with van der Waals surface area (Å²) in [6.07, 6.45) is 3.90. The highest BCUT2D eigenvalue weighted by atomic mass is 32.2. The number of thioether (sulfide) groups is 1. The van der Waals surface area contributed by atoms with E-state index in [9.17, 15) is 9.59 Å². The van der Waals surface area contributed by atoms with Gasteiger partial charge in [-0.1, -0.05) is 11.8 Å². The van der Waals surface area contributed by atoms with Crippen molar-refractivity contribution in [1.29, 1.82) is 0 Å². The van der Waals surface area contributed by atoms with Crippen LogP contribution in [-0.4, -0.2) is 47.4 Å². The molecule has 3 rings (SSSR count). The number of carbonyl (C=O) groups excluding carboxylic acids is 2. The highest BCUT2D eigenvalue weighted by Gasteiger charge is 2.13. The van der Waals surface area contributed by atoms with Crippen LogP contribution in [0.5, 0.6) is 0 Å². The van der Waals surface area contributed by atoms with Crippen molar-refractivity contribution in [2.24, 2.45) is 7.05 Å². The molecular weight excluding hydrogens is 380 g/mol. The summed E-state index contributed by atoms with van der Waals surface area (Å²) in [5.74, 6) is 0.532. The molecule has 0 bridgehead atoms. The molecule has 0 saturated heterocycles. The molecule has 2 amide bonds. The average molecular weight is 402 g/mol. The van der Waals surface area contributed by atoms with E-state index in [4.69, 9.17) is 9.15 Å². The van der Waals surface area contributed by atoms with E-state index in [1.807, 2.05) is 17.8 Å². The lowest BCUT2D eigenvalue weighted by molar-refractivity contribution is -0.117. The Morgan fingerprint density at radius 3 is 2.93 bits per heavy atom. The van der Waals surface area contributed by atoms with Gasteiger partial charge in [0.1, 0.15) is 5.58 Å². The number of methoxy groups -OCH3 is 1. The van der Waals surface area contributed by atoms with Crippen LogP contribution in [0.1, 0.15) is 17.0 Å². The van der Waals surface area contributed by atoms with Crippen LogP contribution in [0.25, 0.3) is 11.0 Å². The molecule has 0 radical (unpaired) electrons. The van der Waals surface area contributed by atoms with E-state index in [2.05, 4.69) is 15.6 Å². The predicted octanol–water partition coefficient (Wildman–Crippen LogP) is 2.66. The van der Waals surface area contributed by atoms with Crippen molar-refractivity contribution < 1.29 is 18.7 Å². The van der Waals surface area contributed by atoms with Gasteiger partial charge in [-0.05, 0) is 24.3 Å². The minimum absolute atomic E-state index is 0.132. The maximum Gasteiger partial charge on any atom is 0.287 e. The van der Waals surface area contributed by atoms with E-state index in [0.717, 1.165) is 10.5 Å². The molecule has 0 aliphatic rings. The number of hydrogen-bond acceptors (Lipinski definition) is 6. The van der Waals surface area contributed by atoms with Crippen molar-refractivity contribution in [3.8, 4) is 0 Å². The van der Waals surface area contributed by atoms with Crippen molar-refractivity contribution in [3.05, 3.63) is 42.4 Å². The number of aromatic nitrogens is 2. The van der Waals surface area contributed by atoms with Gasteiger partial charge in [0.2, 0.25) is 5.91 Å². The van der Waals surface area contributed by atoms with Crippen LogP contribution in [-0.2, 0) is 16.6 Å². The summed E-state index contributed by atoms with van der Waals surface area (Å²) in [6, 6.07) is 6.91. The number of nitrogens with zero attached hydrogens (tertiary/aromatic N) is 2. The number of fused-ring (bicyclic) bond motifs is 1. The Bertz CT molecular complexity index is 966. The monoisotopic (exact) mass is 402 g/mol. The van der Waals surface area contributed by atoms with Crippen molar-refractivity contribution in [2.75, 3.05) is 31.3 Å². The third-order valence-corrected chi connectivity index (χ3v) is 5.01. The van der Waals surface area contributed by atoms with Gasteiger partial charge in [-0.3, -0.25) is 9.59 Å². The smallest absolute Gasteiger partial charge is 0.287 e. The van der Waals surface area contributed by atoms with E-state index >= 15 is 0 Å². The van der Waals surface area contributed by atoms with Crippen LogP contribution < -0.4 is 10.6 Å². The lowest BCUT2D eigenvalue weighted by Crippen LogP contribution is -2.25. The Kier molecular flexibility index (Phi) is 6.72. The quantitative estimate of drug-likeness (QED) is 0.422. The molecule has 2 aromatic heterocycles. The number of rotatable bonds is 9. The molecule has 0 aliphatic carbocycles. The molecule has 148 valence electrons. The van der Waals surface area contributed by atoms with Crippen LogP contribution in [0.3, 0.4) is 0 Å². The molecule has 0 spiro atoms. The fraction of sp³-hybridized carbons (Fsp3) is 0.316. The summed E-state index contributed by atoms with van der Waals surface area (Å²) >= 11 is 1.57. The number of imidazole rings is 1. The number of carbonyl (C=O) groups is 2. The Balaban J connectivity index is 1.54. The predicted molar refractivity (Wildman–Crippen MR) is 108 cm³/mol. The number of nitrogens with one attached hydrogen (secondary N) is 2. The summed E-state index contributed by atoms with van der Waals surface area (Å²) in [5.41, 5.74) is 1.23. The lowest BCUT2D eigenvalue weighted by Gasteiger charge is -2.04. The molecular formula is C19H22N4O4S. The van der Waals surface area contributed by atoms with E-state index in [-0.39, 0.29) is 24.0 Å². The minimum Gasteiger partial charge on any atom is -0.451 e. The van der Waals surface area contributed by atoms with Crippen LogP contribution in [0.15, 0.2) is 46.2 Å². The molecule has 0 aliphatic heterocycles. The second-order valence-electron chi connectivity index (χ2n) is 6.08. The standard InChI is InChI=1S/C19H22N4O4S/c1-23-8-6-21-19(23)28-10-7-20-18(25)16-12-13-11-14(3-4-15(13)27-16)22-17(24)5-9-26-2/h3-4,6,8,11-12H,5,7,9-10H2,1-2H3,(H,20,25)(H,22,24). The van der Waals surface area contributed by atoms with Crippen molar-refractivity contribution in [3.63, 3.8) is 0 Å². The summed E-state index contributed by atoms with van der Waals surface area (Å²) < 4.78 is 12.4. The molecule has 9 heteroatoms. The van der Waals surface area contributed by atoms with Gasteiger partial charge in [0, 0.05) is 49.9 Å². The number of amides is 2. The first-order valence-electron chi connectivity index (χ1n) is 8.77. The summed E-state index contributed by atoms with van der Waals surface area (Å²) in [6.45, 7) is 0.858. The van der Waals surface area contributed by atoms with Crippen molar-refractivity contribution >= 4 is 40.2 Å². The molecule has 0 saturated carbocycles. The van der Waals surface area contributed by atoms with Gasteiger partial charge < -0.3 is 24.4 Å². The summed E-state index contributed by atoms with van der Waals surface area (Å²) in [5, 5.41) is 7.28. The summed E-state index contributed by atoms with van der Waals surface area (Å²) in [4.78, 5) is 28.3. The largest absolute Gasteiger partial charge is 0.451 e. The molecule has 28 heavy (non-hydrogen) atoms. The topological polar surface area (TPSA) is 98.4 Å². The second kappa shape index (κ2) is 9.43. The Morgan fingerprint density at radius 1 is 1.32 bits per heavy atom. The Morgan fingerprint density at radius 2 is 2.18 bits per heavy atom. The average Bonchev–Trinajstić information content (AvgIpc) is 3.29.